The van der Waals surface area contributed by atoms with Crippen molar-refractivity contribution in [3.8, 4) is 5.75 Å². The molecular weight excluding hydrogens is 400 g/mol. The lowest BCUT2D eigenvalue weighted by molar-refractivity contribution is -0.114. The molecule has 1 N–H and O–H groups in total. The van der Waals surface area contributed by atoms with E-state index in [1.165, 1.54) is 27.5 Å². The molecule has 0 aromatic heterocycles. The molecule has 1 atom stereocenters. The van der Waals surface area contributed by atoms with Crippen molar-refractivity contribution >= 4 is 23.5 Å². The highest BCUT2D eigenvalue weighted by Crippen LogP contribution is 2.15. The minimum Gasteiger partial charge on any atom is -0.497 e. The second-order valence-corrected chi connectivity index (χ2v) is 6.16. The monoisotopic (exact) mass is 426 g/mol. The maximum atomic E-state index is 12.2. The first-order valence-electron chi connectivity index (χ1n) is 9.43. The second-order valence-electron chi connectivity index (χ2n) is 6.16. The van der Waals surface area contributed by atoms with E-state index in [9.17, 15) is 4.79 Å². The third-order valence-corrected chi connectivity index (χ3v) is 4.21. The number of rotatable bonds is 10. The maximum absolute atomic E-state index is 12.2. The lowest BCUT2D eigenvalue weighted by Crippen LogP contribution is -2.29. The summed E-state index contributed by atoms with van der Waals surface area (Å²) in [7, 11) is 5.96. The number of oxime groups is 3. The van der Waals surface area contributed by atoms with Crippen LogP contribution in [-0.4, -0.2) is 58.0 Å². The molecule has 1 amide bonds. The van der Waals surface area contributed by atoms with Gasteiger partial charge in [-0.3, -0.25) is 4.79 Å². The Morgan fingerprint density at radius 2 is 1.68 bits per heavy atom. The molecule has 9 nitrogen and oxygen atoms in total. The van der Waals surface area contributed by atoms with Crippen LogP contribution in [0.4, 0.5) is 0 Å². The molecule has 0 aliphatic rings. The van der Waals surface area contributed by atoms with Crippen molar-refractivity contribution in [3.05, 3.63) is 65.2 Å². The van der Waals surface area contributed by atoms with Gasteiger partial charge in [0.05, 0.1) is 13.3 Å². The molecule has 0 bridgehead atoms. The van der Waals surface area contributed by atoms with Crippen LogP contribution in [0.2, 0.25) is 0 Å². The molecule has 164 valence electrons. The smallest absolute Gasteiger partial charge is 0.273 e. The molecule has 0 aliphatic carbocycles. The Hall–Kier alpha value is -3.88. The van der Waals surface area contributed by atoms with Crippen LogP contribution in [0.15, 0.2) is 64.0 Å². The fourth-order valence-corrected chi connectivity index (χ4v) is 2.70. The number of ether oxygens (including phenoxy) is 1. The Labute approximate surface area is 181 Å². The Morgan fingerprint density at radius 1 is 1.00 bits per heavy atom. The van der Waals surface area contributed by atoms with Crippen LogP contribution in [0.25, 0.3) is 0 Å². The summed E-state index contributed by atoms with van der Waals surface area (Å²) in [4.78, 5) is 27.6. The van der Waals surface area contributed by atoms with Gasteiger partial charge in [0.15, 0.2) is 11.8 Å². The van der Waals surface area contributed by atoms with Gasteiger partial charge in [0.1, 0.15) is 25.7 Å². The largest absolute Gasteiger partial charge is 0.497 e. The van der Waals surface area contributed by atoms with E-state index < -0.39 is 6.10 Å². The van der Waals surface area contributed by atoms with E-state index in [-0.39, 0.29) is 11.6 Å². The van der Waals surface area contributed by atoms with Gasteiger partial charge in [0, 0.05) is 23.7 Å². The maximum Gasteiger partial charge on any atom is 0.273 e. The predicted molar refractivity (Wildman–Crippen MR) is 119 cm³/mol. The fraction of sp³-hybridized carbons (Fsp3) is 0.273. The van der Waals surface area contributed by atoms with Gasteiger partial charge in [0.2, 0.25) is 0 Å². The molecule has 0 radical (unpaired) electrons. The second kappa shape index (κ2) is 12.0. The van der Waals surface area contributed by atoms with E-state index in [0.717, 1.165) is 11.3 Å². The number of likely N-dealkylation sites (N-methyl/N-ethyl adjacent to an activating group) is 1. The zero-order valence-electron chi connectivity index (χ0n) is 18.2. The minimum atomic E-state index is -0.511. The van der Waals surface area contributed by atoms with Crippen molar-refractivity contribution in [3.63, 3.8) is 0 Å². The van der Waals surface area contributed by atoms with Gasteiger partial charge in [-0.05, 0) is 31.2 Å². The fourth-order valence-electron chi connectivity index (χ4n) is 2.70. The van der Waals surface area contributed by atoms with Gasteiger partial charge in [-0.25, -0.2) is 0 Å². The molecule has 31 heavy (non-hydrogen) atoms. The summed E-state index contributed by atoms with van der Waals surface area (Å²) in [5.74, 6) is 0.347. The van der Waals surface area contributed by atoms with Crippen LogP contribution in [0.3, 0.4) is 0 Å². The molecule has 0 saturated heterocycles. The Bertz CT molecular complexity index is 955. The minimum absolute atomic E-state index is 0.125. The summed E-state index contributed by atoms with van der Waals surface area (Å²) in [6.07, 6.45) is 0.987. The number of nitrogens with zero attached hydrogens (tertiary/aromatic N) is 3. The number of hydrogen-bond donors (Lipinski definition) is 1. The van der Waals surface area contributed by atoms with Crippen LogP contribution >= 0.6 is 0 Å². The van der Waals surface area contributed by atoms with E-state index in [1.54, 1.807) is 32.2 Å². The number of methoxy groups -OCH3 is 1. The van der Waals surface area contributed by atoms with Gasteiger partial charge in [-0.2, -0.15) is 0 Å². The molecule has 0 fully saturated rings. The summed E-state index contributed by atoms with van der Waals surface area (Å²) >= 11 is 0. The summed E-state index contributed by atoms with van der Waals surface area (Å²) in [6.45, 7) is 1.80. The van der Waals surface area contributed by atoms with Crippen LogP contribution in [0.5, 0.6) is 5.75 Å². The van der Waals surface area contributed by atoms with Crippen molar-refractivity contribution in [1.29, 1.82) is 0 Å². The van der Waals surface area contributed by atoms with Crippen molar-refractivity contribution in [1.82, 2.24) is 5.32 Å². The van der Waals surface area contributed by atoms with Gasteiger partial charge >= 0.3 is 0 Å². The van der Waals surface area contributed by atoms with E-state index in [1.807, 2.05) is 30.3 Å². The number of hydrogen-bond acceptors (Lipinski definition) is 8. The number of carbonyl (C=O) groups excluding carboxylic acids is 1. The van der Waals surface area contributed by atoms with Crippen molar-refractivity contribution in [2.24, 2.45) is 15.5 Å². The molecule has 0 aliphatic heterocycles. The molecule has 2 aromatic rings. The molecular formula is C22H26N4O5. The third kappa shape index (κ3) is 6.30. The first kappa shape index (κ1) is 23.4. The highest BCUT2D eigenvalue weighted by Gasteiger charge is 2.18. The average Bonchev–Trinajstić information content (AvgIpc) is 2.81. The average molecular weight is 426 g/mol. The highest BCUT2D eigenvalue weighted by atomic mass is 16.6. The summed E-state index contributed by atoms with van der Waals surface area (Å²) in [6, 6.07) is 14.5. The predicted octanol–water partition coefficient (Wildman–Crippen LogP) is 2.58. The Morgan fingerprint density at radius 3 is 2.29 bits per heavy atom. The van der Waals surface area contributed by atoms with Gasteiger partial charge in [-0.1, -0.05) is 39.7 Å². The summed E-state index contributed by atoms with van der Waals surface area (Å²) in [5.41, 5.74) is 2.66. The van der Waals surface area contributed by atoms with Gasteiger partial charge in [-0.15, -0.1) is 0 Å². The highest BCUT2D eigenvalue weighted by molar-refractivity contribution is 6.46. The molecule has 0 heterocycles. The van der Waals surface area contributed by atoms with E-state index in [4.69, 9.17) is 19.2 Å². The quantitative estimate of drug-likeness (QED) is 0.465. The molecule has 9 heteroatoms. The zero-order chi connectivity index (χ0) is 22.6. The number of benzene rings is 2. The van der Waals surface area contributed by atoms with Gasteiger partial charge < -0.3 is 24.6 Å². The van der Waals surface area contributed by atoms with Crippen molar-refractivity contribution in [2.45, 2.75) is 13.0 Å². The van der Waals surface area contributed by atoms with E-state index >= 15 is 0 Å². The molecule has 1 unspecified atom stereocenters. The van der Waals surface area contributed by atoms with Crippen molar-refractivity contribution in [2.75, 3.05) is 28.4 Å². The standard InChI is InChI=1S/C22H26N4O5/c1-15(20(25-29-4)16-10-12-18(28-3)13-11-16)31-24-14-17-8-6-7-9-19(17)21(26-30-5)22(27)23-2/h6-15H,1-5H3,(H,23,27)/b24-14+,25-20-,26-21-. The summed E-state index contributed by atoms with van der Waals surface area (Å²) < 4.78 is 5.18. The van der Waals surface area contributed by atoms with Crippen LogP contribution in [-0.2, 0) is 19.3 Å². The molecule has 0 saturated carbocycles. The Balaban J connectivity index is 2.23. The SMILES string of the molecule is CNC(=O)/C(=N\OC)c1ccccc1/C=N/OC(C)/C(=N/OC)c1ccc(OC)cc1. The van der Waals surface area contributed by atoms with E-state index in [0.29, 0.717) is 16.8 Å². The van der Waals surface area contributed by atoms with Crippen LogP contribution in [0.1, 0.15) is 23.6 Å². The normalized spacial score (nSPS) is 12.9. The van der Waals surface area contributed by atoms with Crippen molar-refractivity contribution < 1.29 is 24.0 Å². The summed E-state index contributed by atoms with van der Waals surface area (Å²) in [5, 5.41) is 14.5. The molecule has 2 aromatic carbocycles. The van der Waals surface area contributed by atoms with Gasteiger partial charge in [0.25, 0.3) is 5.91 Å². The molecule has 0 spiro atoms. The number of carbonyl (C=O) groups is 1. The number of nitrogens with one attached hydrogen (secondary N) is 1. The topological polar surface area (TPSA) is 103 Å². The van der Waals surface area contributed by atoms with Crippen LogP contribution < -0.4 is 10.1 Å². The van der Waals surface area contributed by atoms with E-state index in [2.05, 4.69) is 20.8 Å². The zero-order valence-corrected chi connectivity index (χ0v) is 18.2. The Kier molecular flexibility index (Phi) is 9.03. The lowest BCUT2D eigenvalue weighted by atomic mass is 10.0. The first-order valence-corrected chi connectivity index (χ1v) is 9.43. The first-order chi connectivity index (χ1) is 15.0. The lowest BCUT2D eigenvalue weighted by Gasteiger charge is -2.13. The molecule has 2 rings (SSSR count). The number of amides is 1. The third-order valence-electron chi connectivity index (χ3n) is 4.21. The van der Waals surface area contributed by atoms with Crippen LogP contribution in [0, 0.1) is 0 Å².